The summed E-state index contributed by atoms with van der Waals surface area (Å²) >= 11 is 0. The Hall–Kier alpha value is -0.570. The van der Waals surface area contributed by atoms with Gasteiger partial charge in [-0.25, -0.2) is 0 Å². The second-order valence-corrected chi connectivity index (χ2v) is 7.04. The molecule has 0 heterocycles. The molecule has 0 unspecified atom stereocenters. The van der Waals surface area contributed by atoms with Gasteiger partial charge in [0.25, 0.3) is 0 Å². The molecule has 3 nitrogen and oxygen atoms in total. The molecule has 0 aliphatic heterocycles. The molecule has 1 aliphatic carbocycles. The van der Waals surface area contributed by atoms with Crippen molar-refractivity contribution in [3.05, 3.63) is 0 Å². The van der Waals surface area contributed by atoms with E-state index >= 15 is 0 Å². The van der Waals surface area contributed by atoms with Crippen LogP contribution in [0.4, 0.5) is 0 Å². The van der Waals surface area contributed by atoms with Gasteiger partial charge in [0.1, 0.15) is 0 Å². The summed E-state index contributed by atoms with van der Waals surface area (Å²) in [6.07, 6.45) is 0. The fourth-order valence-electron chi connectivity index (χ4n) is 2.81. The molecular weight excluding hydrogens is 214 g/mol. The van der Waals surface area contributed by atoms with Crippen molar-refractivity contribution in [2.24, 2.45) is 16.7 Å². The topological polar surface area (TPSA) is 40.5 Å². The van der Waals surface area contributed by atoms with E-state index in [0.717, 1.165) is 0 Å². The lowest BCUT2D eigenvalue weighted by Crippen LogP contribution is -2.43. The van der Waals surface area contributed by atoms with Gasteiger partial charge in [-0.05, 0) is 31.6 Å². The molecule has 1 fully saturated rings. The van der Waals surface area contributed by atoms with Crippen molar-refractivity contribution in [1.29, 1.82) is 0 Å². The monoisotopic (exact) mass is 241 g/mol. The van der Waals surface area contributed by atoms with Crippen LogP contribution in [0.2, 0.25) is 0 Å². The van der Waals surface area contributed by atoms with Gasteiger partial charge in [0.05, 0.1) is 5.60 Å². The van der Waals surface area contributed by atoms with Crippen molar-refractivity contribution in [2.45, 2.75) is 54.1 Å². The lowest BCUT2D eigenvalue weighted by molar-refractivity contribution is -0.136. The van der Waals surface area contributed by atoms with Crippen molar-refractivity contribution < 1.29 is 9.90 Å². The Morgan fingerprint density at radius 3 is 1.88 bits per heavy atom. The van der Waals surface area contributed by atoms with E-state index in [1.165, 1.54) is 0 Å². The number of hydrogen-bond acceptors (Lipinski definition) is 2. The Morgan fingerprint density at radius 2 is 1.65 bits per heavy atom. The van der Waals surface area contributed by atoms with Crippen LogP contribution < -0.4 is 0 Å². The number of amides is 1. The quantitative estimate of drug-likeness (QED) is 0.820. The lowest BCUT2D eigenvalue weighted by Gasteiger charge is -2.29. The molecule has 1 amide bonds. The second kappa shape index (κ2) is 3.98. The highest BCUT2D eigenvalue weighted by atomic mass is 16.3. The highest BCUT2D eigenvalue weighted by molar-refractivity contribution is 5.84. The SMILES string of the molecule is CCN(CC(C)(C)O)C(=O)C1C(C)(C)C1(C)C. The van der Waals surface area contributed by atoms with E-state index in [4.69, 9.17) is 0 Å². The third-order valence-electron chi connectivity index (χ3n) is 4.54. The number of nitrogens with zero attached hydrogens (tertiary/aromatic N) is 1. The Morgan fingerprint density at radius 1 is 1.24 bits per heavy atom. The normalized spacial score (nSPS) is 22.4. The molecule has 0 aromatic carbocycles. The average molecular weight is 241 g/mol. The number of carbonyl (C=O) groups is 1. The minimum absolute atomic E-state index is 0.0666. The van der Waals surface area contributed by atoms with Gasteiger partial charge in [-0.15, -0.1) is 0 Å². The fraction of sp³-hybridized carbons (Fsp3) is 0.929. The number of rotatable bonds is 4. The maximum atomic E-state index is 12.5. The largest absolute Gasteiger partial charge is 0.389 e. The van der Waals surface area contributed by atoms with Crippen molar-refractivity contribution in [2.75, 3.05) is 13.1 Å². The average Bonchev–Trinajstić information content (AvgIpc) is 2.51. The zero-order valence-corrected chi connectivity index (χ0v) is 12.3. The van der Waals surface area contributed by atoms with Crippen LogP contribution in [0, 0.1) is 16.7 Å². The Labute approximate surface area is 105 Å². The van der Waals surface area contributed by atoms with E-state index in [1.54, 1.807) is 18.7 Å². The van der Waals surface area contributed by atoms with Crippen LogP contribution in [0.15, 0.2) is 0 Å². The van der Waals surface area contributed by atoms with E-state index in [-0.39, 0.29) is 22.7 Å². The highest BCUT2D eigenvalue weighted by Gasteiger charge is 2.68. The molecule has 3 heteroatoms. The molecule has 0 bridgehead atoms. The molecule has 1 N–H and O–H groups in total. The Balaban J connectivity index is 2.77. The molecule has 0 spiro atoms. The van der Waals surface area contributed by atoms with Gasteiger partial charge < -0.3 is 10.0 Å². The number of likely N-dealkylation sites (N-methyl/N-ethyl adjacent to an activating group) is 1. The van der Waals surface area contributed by atoms with Crippen molar-refractivity contribution in [3.63, 3.8) is 0 Å². The molecule has 0 aromatic heterocycles. The first-order chi connectivity index (χ1) is 7.45. The zero-order chi connectivity index (χ0) is 13.6. The van der Waals surface area contributed by atoms with Gasteiger partial charge in [-0.1, -0.05) is 27.7 Å². The fourth-order valence-corrected chi connectivity index (χ4v) is 2.81. The summed E-state index contributed by atoms with van der Waals surface area (Å²) in [6, 6.07) is 0. The van der Waals surface area contributed by atoms with Gasteiger partial charge in [-0.3, -0.25) is 4.79 Å². The molecule has 1 saturated carbocycles. The first-order valence-corrected chi connectivity index (χ1v) is 6.46. The summed E-state index contributed by atoms with van der Waals surface area (Å²) in [5, 5.41) is 9.84. The van der Waals surface area contributed by atoms with E-state index in [0.29, 0.717) is 13.1 Å². The van der Waals surface area contributed by atoms with Crippen LogP contribution in [0.5, 0.6) is 0 Å². The standard InChI is InChI=1S/C14H27NO2/c1-8-15(9-12(2,3)17)11(16)10-13(4,5)14(10,6)7/h10,17H,8-9H2,1-7H3. The van der Waals surface area contributed by atoms with Crippen molar-refractivity contribution in [3.8, 4) is 0 Å². The third kappa shape index (κ3) is 2.49. The molecule has 0 aromatic rings. The van der Waals surface area contributed by atoms with E-state index < -0.39 is 5.60 Å². The lowest BCUT2D eigenvalue weighted by atomic mass is 10.0. The summed E-state index contributed by atoms with van der Waals surface area (Å²) in [6.45, 7) is 15.1. The summed E-state index contributed by atoms with van der Waals surface area (Å²) in [4.78, 5) is 14.2. The van der Waals surface area contributed by atoms with Gasteiger partial charge in [0, 0.05) is 19.0 Å². The van der Waals surface area contributed by atoms with E-state index in [2.05, 4.69) is 27.7 Å². The zero-order valence-electron chi connectivity index (χ0n) is 12.3. The number of carbonyl (C=O) groups excluding carboxylic acids is 1. The number of hydrogen-bond donors (Lipinski definition) is 1. The summed E-state index contributed by atoms with van der Waals surface area (Å²) in [7, 11) is 0. The molecule has 100 valence electrons. The van der Waals surface area contributed by atoms with Crippen molar-refractivity contribution in [1.82, 2.24) is 4.90 Å². The van der Waals surface area contributed by atoms with Gasteiger partial charge in [-0.2, -0.15) is 0 Å². The maximum absolute atomic E-state index is 12.5. The van der Waals surface area contributed by atoms with Crippen LogP contribution in [0.1, 0.15) is 48.5 Å². The molecule has 0 radical (unpaired) electrons. The highest BCUT2D eigenvalue weighted by Crippen LogP contribution is 2.68. The predicted molar refractivity (Wildman–Crippen MR) is 69.6 cm³/mol. The number of aliphatic hydroxyl groups is 1. The Bertz CT molecular complexity index is 299. The van der Waals surface area contributed by atoms with Gasteiger partial charge in [0.15, 0.2) is 0 Å². The molecule has 1 rings (SSSR count). The predicted octanol–water partition coefficient (Wildman–Crippen LogP) is 2.29. The van der Waals surface area contributed by atoms with E-state index in [9.17, 15) is 9.90 Å². The first-order valence-electron chi connectivity index (χ1n) is 6.46. The smallest absolute Gasteiger partial charge is 0.226 e. The summed E-state index contributed by atoms with van der Waals surface area (Å²) in [5.41, 5.74) is -0.691. The Kier molecular flexibility index (Phi) is 3.39. The maximum Gasteiger partial charge on any atom is 0.226 e. The van der Waals surface area contributed by atoms with E-state index in [1.807, 2.05) is 6.92 Å². The molecule has 1 aliphatic rings. The molecule has 0 atom stereocenters. The van der Waals surface area contributed by atoms with Crippen LogP contribution in [0.3, 0.4) is 0 Å². The molecule has 0 saturated heterocycles. The minimum atomic E-state index is -0.825. The molecular formula is C14H27NO2. The third-order valence-corrected chi connectivity index (χ3v) is 4.54. The van der Waals surface area contributed by atoms with Gasteiger partial charge in [0.2, 0.25) is 5.91 Å². The van der Waals surface area contributed by atoms with Crippen LogP contribution in [-0.4, -0.2) is 34.6 Å². The van der Waals surface area contributed by atoms with Crippen molar-refractivity contribution >= 4 is 5.91 Å². The summed E-state index contributed by atoms with van der Waals surface area (Å²) < 4.78 is 0. The van der Waals surface area contributed by atoms with Crippen LogP contribution in [0.25, 0.3) is 0 Å². The van der Waals surface area contributed by atoms with Crippen LogP contribution in [-0.2, 0) is 4.79 Å². The molecule has 17 heavy (non-hydrogen) atoms. The minimum Gasteiger partial charge on any atom is -0.389 e. The second-order valence-electron chi connectivity index (χ2n) is 7.04. The van der Waals surface area contributed by atoms with Gasteiger partial charge >= 0.3 is 0 Å². The van der Waals surface area contributed by atoms with Crippen LogP contribution >= 0.6 is 0 Å². The summed E-state index contributed by atoms with van der Waals surface area (Å²) in [5.74, 6) is 0.266. The first kappa shape index (κ1) is 14.5.